The lowest BCUT2D eigenvalue weighted by Gasteiger charge is -2.28. The molecule has 2 aromatic rings. The molecule has 0 unspecified atom stereocenters. The Balaban J connectivity index is 1.77. The molecule has 0 bridgehead atoms. The Morgan fingerprint density at radius 3 is 2.38 bits per heavy atom. The van der Waals surface area contributed by atoms with Gasteiger partial charge in [0.2, 0.25) is 0 Å². The Kier molecular flexibility index (Phi) is 11.7. The van der Waals surface area contributed by atoms with Gasteiger partial charge in [-0.25, -0.2) is 0 Å². The number of ether oxygens (including phenoxy) is 3. The topological polar surface area (TPSA) is 83.7 Å². The number of aliphatic hydroxyl groups is 1. The molecule has 0 aliphatic rings. The lowest BCUT2D eigenvalue weighted by atomic mass is 9.94. The normalized spacial score (nSPS) is 12.1. The number of nitrogens with zero attached hydrogens (tertiary/aromatic N) is 1. The summed E-state index contributed by atoms with van der Waals surface area (Å²) in [7, 11) is 1.65. The maximum atomic E-state index is 10.4. The summed E-state index contributed by atoms with van der Waals surface area (Å²) in [6.45, 7) is 7.51. The van der Waals surface area contributed by atoms with E-state index in [1.165, 1.54) is 24.8 Å². The zero-order valence-electron chi connectivity index (χ0n) is 21.1. The van der Waals surface area contributed by atoms with Gasteiger partial charge in [-0.1, -0.05) is 44.7 Å². The second-order valence-corrected chi connectivity index (χ2v) is 9.29. The third-order valence-corrected chi connectivity index (χ3v) is 5.64. The van der Waals surface area contributed by atoms with Gasteiger partial charge < -0.3 is 24.6 Å². The average Bonchev–Trinajstić information content (AvgIpc) is 2.84. The highest BCUT2D eigenvalue weighted by atomic mass is 16.5. The van der Waals surface area contributed by atoms with Crippen molar-refractivity contribution in [1.82, 2.24) is 5.32 Å². The van der Waals surface area contributed by atoms with E-state index in [2.05, 4.69) is 32.2 Å². The van der Waals surface area contributed by atoms with Crippen LogP contribution < -0.4 is 19.5 Å². The van der Waals surface area contributed by atoms with Crippen LogP contribution >= 0.6 is 0 Å². The predicted molar refractivity (Wildman–Crippen MR) is 136 cm³/mol. The second-order valence-electron chi connectivity index (χ2n) is 9.29. The summed E-state index contributed by atoms with van der Waals surface area (Å²) >= 11 is 0. The third kappa shape index (κ3) is 10.0. The van der Waals surface area contributed by atoms with Crippen LogP contribution in [0, 0.1) is 11.3 Å². The summed E-state index contributed by atoms with van der Waals surface area (Å²) < 4.78 is 16.7. The molecule has 0 amide bonds. The zero-order chi connectivity index (χ0) is 24.8. The zero-order valence-corrected chi connectivity index (χ0v) is 21.1. The van der Waals surface area contributed by atoms with Crippen LogP contribution in [-0.4, -0.2) is 43.6 Å². The van der Waals surface area contributed by atoms with E-state index in [1.807, 2.05) is 30.3 Å². The van der Waals surface area contributed by atoms with E-state index in [4.69, 9.17) is 14.2 Å². The summed E-state index contributed by atoms with van der Waals surface area (Å²) in [6, 6.07) is 15.4. The van der Waals surface area contributed by atoms with Crippen LogP contribution in [0.3, 0.4) is 0 Å². The molecular weight excluding hydrogens is 428 g/mol. The van der Waals surface area contributed by atoms with Gasteiger partial charge in [-0.05, 0) is 56.5 Å². The van der Waals surface area contributed by atoms with Crippen LogP contribution in [0.15, 0.2) is 42.5 Å². The molecule has 0 aliphatic carbocycles. The van der Waals surface area contributed by atoms with E-state index < -0.39 is 6.10 Å². The third-order valence-electron chi connectivity index (χ3n) is 5.64. The molecule has 0 saturated heterocycles. The number of hydrogen-bond acceptors (Lipinski definition) is 6. The Bertz CT molecular complexity index is 890. The number of aliphatic hydroxyl groups excluding tert-OH is 1. The molecule has 0 aliphatic heterocycles. The average molecular weight is 469 g/mol. The molecule has 2 N–H and O–H groups in total. The number of benzene rings is 2. The minimum atomic E-state index is -0.708. The number of methoxy groups -OCH3 is 1. The summed E-state index contributed by atoms with van der Waals surface area (Å²) in [4.78, 5) is 0. The highest BCUT2D eigenvalue weighted by Crippen LogP contribution is 2.24. The molecule has 34 heavy (non-hydrogen) atoms. The number of unbranched alkanes of at least 4 members (excludes halogenated alkanes) is 4. The van der Waals surface area contributed by atoms with Gasteiger partial charge in [0.1, 0.15) is 36.0 Å². The summed E-state index contributed by atoms with van der Waals surface area (Å²) in [5.74, 6) is 1.96. The first-order valence-corrected chi connectivity index (χ1v) is 12.2. The number of hydrogen-bond donors (Lipinski definition) is 2. The Hall–Kier alpha value is -2.75. The highest BCUT2D eigenvalue weighted by molar-refractivity contribution is 5.47. The monoisotopic (exact) mass is 468 g/mol. The van der Waals surface area contributed by atoms with Gasteiger partial charge in [0.25, 0.3) is 0 Å². The molecule has 6 nitrogen and oxygen atoms in total. The van der Waals surface area contributed by atoms with Crippen molar-refractivity contribution in [3.63, 3.8) is 0 Å². The van der Waals surface area contributed by atoms with E-state index in [0.29, 0.717) is 30.2 Å². The van der Waals surface area contributed by atoms with Gasteiger partial charge in [0.15, 0.2) is 0 Å². The van der Waals surface area contributed by atoms with E-state index in [-0.39, 0.29) is 12.1 Å². The van der Waals surface area contributed by atoms with Crippen molar-refractivity contribution < 1.29 is 19.3 Å². The Morgan fingerprint density at radius 2 is 1.71 bits per heavy atom. The van der Waals surface area contributed by atoms with Crippen molar-refractivity contribution in [3.05, 3.63) is 53.6 Å². The lowest BCUT2D eigenvalue weighted by Crippen LogP contribution is -2.46. The minimum absolute atomic E-state index is 0.0952. The summed E-state index contributed by atoms with van der Waals surface area (Å²) in [5.41, 5.74) is 1.39. The molecule has 0 spiro atoms. The van der Waals surface area contributed by atoms with E-state index in [0.717, 1.165) is 25.0 Å². The fourth-order valence-electron chi connectivity index (χ4n) is 3.66. The largest absolute Gasteiger partial charge is 0.497 e. The van der Waals surface area contributed by atoms with Crippen molar-refractivity contribution >= 4 is 0 Å². The first kappa shape index (κ1) is 27.5. The minimum Gasteiger partial charge on any atom is -0.497 e. The lowest BCUT2D eigenvalue weighted by molar-refractivity contribution is 0.0986. The fourth-order valence-corrected chi connectivity index (χ4v) is 3.66. The van der Waals surface area contributed by atoms with Gasteiger partial charge in [-0.2, -0.15) is 5.26 Å². The molecule has 6 heteroatoms. The van der Waals surface area contributed by atoms with E-state index >= 15 is 0 Å². The van der Waals surface area contributed by atoms with Crippen LogP contribution in [0.5, 0.6) is 17.2 Å². The molecule has 0 radical (unpaired) electrons. The van der Waals surface area contributed by atoms with Crippen LogP contribution in [-0.2, 0) is 6.42 Å². The number of rotatable bonds is 16. The van der Waals surface area contributed by atoms with Gasteiger partial charge in [0.05, 0.1) is 19.3 Å². The van der Waals surface area contributed by atoms with Crippen molar-refractivity contribution in [3.8, 4) is 23.3 Å². The number of nitriles is 1. The maximum Gasteiger partial charge on any atom is 0.137 e. The quantitative estimate of drug-likeness (QED) is 0.327. The van der Waals surface area contributed by atoms with Crippen molar-refractivity contribution in [1.29, 1.82) is 5.26 Å². The molecule has 0 heterocycles. The molecule has 186 valence electrons. The van der Waals surface area contributed by atoms with Gasteiger partial charge >= 0.3 is 0 Å². The molecule has 0 saturated carbocycles. The van der Waals surface area contributed by atoms with Crippen LogP contribution in [0.2, 0.25) is 0 Å². The highest BCUT2D eigenvalue weighted by Gasteiger charge is 2.20. The van der Waals surface area contributed by atoms with E-state index in [9.17, 15) is 10.4 Å². The van der Waals surface area contributed by atoms with Gasteiger partial charge in [0, 0.05) is 18.2 Å². The standard InChI is InChI=1S/C28H40N2O4/c1-5-6-7-8-9-16-33-26-14-15-27(23(17-26)19-29)34-21-24(31)20-30-28(2,3)18-22-10-12-25(32-4)13-11-22/h10-15,17,24,30-31H,5-9,16,18,20-21H2,1-4H3/t24-/m1/s1. The van der Waals surface area contributed by atoms with Crippen LogP contribution in [0.4, 0.5) is 0 Å². The first-order valence-electron chi connectivity index (χ1n) is 12.2. The van der Waals surface area contributed by atoms with Crippen molar-refractivity contribution in [2.45, 2.75) is 70.9 Å². The maximum absolute atomic E-state index is 10.4. The molecular formula is C28H40N2O4. The molecule has 1 atom stereocenters. The molecule has 0 aromatic heterocycles. The summed E-state index contributed by atoms with van der Waals surface area (Å²) in [5, 5.41) is 23.3. The van der Waals surface area contributed by atoms with Crippen molar-refractivity contribution in [2.24, 2.45) is 0 Å². The smallest absolute Gasteiger partial charge is 0.137 e. The predicted octanol–water partition coefficient (Wildman–Crippen LogP) is 5.27. The van der Waals surface area contributed by atoms with Gasteiger partial charge in [-0.15, -0.1) is 0 Å². The van der Waals surface area contributed by atoms with Crippen molar-refractivity contribution in [2.75, 3.05) is 26.9 Å². The van der Waals surface area contributed by atoms with E-state index in [1.54, 1.807) is 19.2 Å². The Labute approximate surface area is 204 Å². The first-order chi connectivity index (χ1) is 16.4. The molecule has 0 fully saturated rings. The molecule has 2 rings (SSSR count). The van der Waals surface area contributed by atoms with Crippen LogP contribution in [0.25, 0.3) is 0 Å². The number of β-amino-alcohol motifs (C(OH)–C–C–N with tert-alkyl or cyclic N) is 1. The Morgan fingerprint density at radius 1 is 1.00 bits per heavy atom. The number of nitrogens with one attached hydrogen (secondary N) is 1. The van der Waals surface area contributed by atoms with Crippen LogP contribution in [0.1, 0.15) is 64.0 Å². The van der Waals surface area contributed by atoms with Gasteiger partial charge in [-0.3, -0.25) is 0 Å². The fraction of sp³-hybridized carbons (Fsp3) is 0.536. The molecule has 2 aromatic carbocycles. The summed E-state index contributed by atoms with van der Waals surface area (Å²) in [6.07, 6.45) is 5.97. The SMILES string of the molecule is CCCCCCCOc1ccc(OC[C@H](O)CNC(C)(C)Cc2ccc(OC)cc2)c(C#N)c1. The second kappa shape index (κ2) is 14.5.